The second-order valence-corrected chi connectivity index (χ2v) is 7.51. The van der Waals surface area contributed by atoms with E-state index in [4.69, 9.17) is 14.2 Å². The third-order valence-corrected chi connectivity index (χ3v) is 5.29. The summed E-state index contributed by atoms with van der Waals surface area (Å²) in [6.45, 7) is 4.80. The van der Waals surface area contributed by atoms with Crippen molar-refractivity contribution in [3.05, 3.63) is 42.0 Å². The molecular formula is C22H24F3N5O3. The molecule has 3 aromatic rings. The second-order valence-electron chi connectivity index (χ2n) is 7.51. The molecule has 176 valence electrons. The molecule has 4 rings (SSSR count). The number of methoxy groups -OCH3 is 1. The van der Waals surface area contributed by atoms with E-state index in [1.165, 1.54) is 19.2 Å². The zero-order valence-corrected chi connectivity index (χ0v) is 18.1. The van der Waals surface area contributed by atoms with E-state index in [0.717, 1.165) is 51.4 Å². The maximum Gasteiger partial charge on any atom is 0.416 e. The normalized spacial score (nSPS) is 14.9. The minimum absolute atomic E-state index is 0.344. The Labute approximate surface area is 188 Å². The Hall–Kier alpha value is -3.18. The molecule has 0 amide bonds. The van der Waals surface area contributed by atoms with E-state index in [2.05, 4.69) is 25.6 Å². The van der Waals surface area contributed by atoms with Crippen LogP contribution >= 0.6 is 0 Å². The molecule has 1 N–H and O–H groups in total. The Bertz CT molecular complexity index is 1070. The Kier molecular flexibility index (Phi) is 7.09. The fourth-order valence-electron chi connectivity index (χ4n) is 3.53. The number of ether oxygens (including phenoxy) is 3. The SMILES string of the molecule is COc1cc2c(Nc3ccc(C(F)(F)F)cc3)nnnc2cc1OCCCN1CCOCC1. The van der Waals surface area contributed by atoms with Gasteiger partial charge in [-0.2, -0.15) is 13.2 Å². The van der Waals surface area contributed by atoms with Gasteiger partial charge in [0.1, 0.15) is 5.52 Å². The first-order valence-electron chi connectivity index (χ1n) is 10.5. The first-order valence-corrected chi connectivity index (χ1v) is 10.5. The molecule has 0 radical (unpaired) electrons. The second kappa shape index (κ2) is 10.2. The first kappa shape index (κ1) is 23.0. The molecule has 0 unspecified atom stereocenters. The molecule has 0 saturated carbocycles. The molecule has 1 aromatic heterocycles. The van der Waals surface area contributed by atoms with Gasteiger partial charge in [-0.3, -0.25) is 4.90 Å². The number of hydrogen-bond donors (Lipinski definition) is 1. The van der Waals surface area contributed by atoms with Gasteiger partial charge in [-0.25, -0.2) is 0 Å². The summed E-state index contributed by atoms with van der Waals surface area (Å²) in [7, 11) is 1.53. The summed E-state index contributed by atoms with van der Waals surface area (Å²) in [4.78, 5) is 2.33. The molecule has 8 nitrogen and oxygen atoms in total. The van der Waals surface area contributed by atoms with E-state index >= 15 is 0 Å². The number of benzene rings is 2. The fourth-order valence-corrected chi connectivity index (χ4v) is 3.53. The summed E-state index contributed by atoms with van der Waals surface area (Å²) in [6.07, 6.45) is -3.54. The molecule has 2 aromatic carbocycles. The molecule has 2 heterocycles. The lowest BCUT2D eigenvalue weighted by Crippen LogP contribution is -2.37. The van der Waals surface area contributed by atoms with Crippen LogP contribution in [0.2, 0.25) is 0 Å². The van der Waals surface area contributed by atoms with E-state index in [1.54, 1.807) is 12.1 Å². The Morgan fingerprint density at radius 1 is 1.06 bits per heavy atom. The molecule has 0 aliphatic carbocycles. The number of halogens is 3. The summed E-state index contributed by atoms with van der Waals surface area (Å²) in [6, 6.07) is 8.11. The lowest BCUT2D eigenvalue weighted by atomic mass is 10.2. The molecule has 0 spiro atoms. The number of morpholine rings is 1. The van der Waals surface area contributed by atoms with Gasteiger partial charge in [-0.1, -0.05) is 0 Å². The predicted octanol–water partition coefficient (Wildman–Crippen LogP) is 3.90. The predicted molar refractivity (Wildman–Crippen MR) is 116 cm³/mol. The average Bonchev–Trinajstić information content (AvgIpc) is 2.82. The highest BCUT2D eigenvalue weighted by molar-refractivity contribution is 5.92. The zero-order valence-electron chi connectivity index (χ0n) is 18.1. The molecule has 1 saturated heterocycles. The van der Waals surface area contributed by atoms with Gasteiger partial charge >= 0.3 is 6.18 Å². The maximum absolute atomic E-state index is 12.8. The highest BCUT2D eigenvalue weighted by atomic mass is 19.4. The van der Waals surface area contributed by atoms with Crippen LogP contribution in [0.5, 0.6) is 11.5 Å². The van der Waals surface area contributed by atoms with Crippen LogP contribution < -0.4 is 14.8 Å². The van der Waals surface area contributed by atoms with Crippen molar-refractivity contribution in [2.24, 2.45) is 0 Å². The number of anilines is 2. The van der Waals surface area contributed by atoms with Crippen LogP contribution in [0.1, 0.15) is 12.0 Å². The minimum atomic E-state index is -4.40. The highest BCUT2D eigenvalue weighted by Gasteiger charge is 2.30. The van der Waals surface area contributed by atoms with Crippen LogP contribution in [-0.2, 0) is 10.9 Å². The molecule has 0 bridgehead atoms. The van der Waals surface area contributed by atoms with Crippen LogP contribution in [-0.4, -0.2) is 66.9 Å². The molecule has 1 fully saturated rings. The van der Waals surface area contributed by atoms with Gasteiger partial charge in [-0.05, 0) is 42.0 Å². The van der Waals surface area contributed by atoms with Crippen molar-refractivity contribution in [3.8, 4) is 11.5 Å². The molecule has 11 heteroatoms. The average molecular weight is 463 g/mol. The molecule has 1 aliphatic rings. The van der Waals surface area contributed by atoms with Gasteiger partial charge in [-0.15, -0.1) is 10.2 Å². The number of rotatable bonds is 8. The van der Waals surface area contributed by atoms with E-state index in [-0.39, 0.29) is 0 Å². The van der Waals surface area contributed by atoms with Gasteiger partial charge < -0.3 is 19.5 Å². The Morgan fingerprint density at radius 3 is 2.52 bits per heavy atom. The van der Waals surface area contributed by atoms with Crippen LogP contribution in [0.25, 0.3) is 10.9 Å². The van der Waals surface area contributed by atoms with E-state index in [1.807, 2.05) is 0 Å². The monoisotopic (exact) mass is 463 g/mol. The fraction of sp³-hybridized carbons (Fsp3) is 0.409. The lowest BCUT2D eigenvalue weighted by molar-refractivity contribution is -0.137. The number of hydrogen-bond acceptors (Lipinski definition) is 8. The Morgan fingerprint density at radius 2 is 1.82 bits per heavy atom. The van der Waals surface area contributed by atoms with Gasteiger partial charge in [0.05, 0.1) is 37.9 Å². The molecule has 1 aliphatic heterocycles. The van der Waals surface area contributed by atoms with Crippen molar-refractivity contribution < 1.29 is 27.4 Å². The standard InChI is InChI=1S/C22H24F3N5O3/c1-31-19-13-17-18(14-20(19)33-10-2-7-30-8-11-32-12-9-30)27-29-28-21(17)26-16-5-3-15(4-6-16)22(23,24)25/h3-6,13-14H,2,7-12H2,1H3,(H,26,27,28). The van der Waals surface area contributed by atoms with Crippen LogP contribution in [0.3, 0.4) is 0 Å². The van der Waals surface area contributed by atoms with Crippen LogP contribution in [0.4, 0.5) is 24.7 Å². The Balaban J connectivity index is 1.47. The summed E-state index contributed by atoms with van der Waals surface area (Å²) in [5.74, 6) is 1.38. The van der Waals surface area contributed by atoms with E-state index in [9.17, 15) is 13.2 Å². The van der Waals surface area contributed by atoms with Crippen LogP contribution in [0.15, 0.2) is 36.4 Å². The molecule has 0 atom stereocenters. The van der Waals surface area contributed by atoms with Crippen molar-refractivity contribution in [2.45, 2.75) is 12.6 Å². The van der Waals surface area contributed by atoms with Crippen molar-refractivity contribution in [1.82, 2.24) is 20.3 Å². The van der Waals surface area contributed by atoms with Crippen molar-refractivity contribution in [1.29, 1.82) is 0 Å². The summed E-state index contributed by atoms with van der Waals surface area (Å²) in [5.41, 5.74) is 0.228. The summed E-state index contributed by atoms with van der Waals surface area (Å²) in [5, 5.41) is 15.4. The summed E-state index contributed by atoms with van der Waals surface area (Å²) < 4.78 is 55.2. The highest BCUT2D eigenvalue weighted by Crippen LogP contribution is 2.35. The number of alkyl halides is 3. The maximum atomic E-state index is 12.8. The largest absolute Gasteiger partial charge is 0.493 e. The van der Waals surface area contributed by atoms with Crippen LogP contribution in [0, 0.1) is 0 Å². The van der Waals surface area contributed by atoms with E-state index in [0.29, 0.717) is 40.5 Å². The molecule has 33 heavy (non-hydrogen) atoms. The third-order valence-electron chi connectivity index (χ3n) is 5.29. The van der Waals surface area contributed by atoms with Crippen molar-refractivity contribution >= 4 is 22.4 Å². The molecular weight excluding hydrogens is 439 g/mol. The topological polar surface area (TPSA) is 81.6 Å². The number of nitrogens with zero attached hydrogens (tertiary/aromatic N) is 4. The number of aromatic nitrogens is 3. The quantitative estimate of drug-likeness (QED) is 0.504. The van der Waals surface area contributed by atoms with Gasteiger partial charge in [0.2, 0.25) is 0 Å². The first-order chi connectivity index (χ1) is 15.9. The van der Waals surface area contributed by atoms with Crippen molar-refractivity contribution in [3.63, 3.8) is 0 Å². The zero-order chi connectivity index (χ0) is 23.3. The van der Waals surface area contributed by atoms with Gasteiger partial charge in [0.25, 0.3) is 0 Å². The van der Waals surface area contributed by atoms with E-state index < -0.39 is 11.7 Å². The van der Waals surface area contributed by atoms with Gasteiger partial charge in [0.15, 0.2) is 17.3 Å². The van der Waals surface area contributed by atoms with Crippen molar-refractivity contribution in [2.75, 3.05) is 51.9 Å². The lowest BCUT2D eigenvalue weighted by Gasteiger charge is -2.26. The summed E-state index contributed by atoms with van der Waals surface area (Å²) >= 11 is 0. The number of fused-ring (bicyclic) bond motifs is 1. The third kappa shape index (κ3) is 5.79. The minimum Gasteiger partial charge on any atom is -0.493 e. The number of nitrogens with one attached hydrogen (secondary N) is 1. The smallest absolute Gasteiger partial charge is 0.416 e. The van der Waals surface area contributed by atoms with Gasteiger partial charge in [0, 0.05) is 31.4 Å².